The number of hydrogen-bond acceptors (Lipinski definition) is 7. The predicted octanol–water partition coefficient (Wildman–Crippen LogP) is 4.16. The Hall–Kier alpha value is -2.28. The third-order valence-corrected chi connectivity index (χ3v) is 6.43. The maximum Gasteiger partial charge on any atom is 0.342 e. The zero-order valence-electron chi connectivity index (χ0n) is 15.1. The molecule has 2 rings (SSSR count). The number of carbonyl (C=O) groups excluding carboxylic acids is 1. The Bertz CT molecular complexity index is 781. The van der Waals surface area contributed by atoms with Crippen molar-refractivity contribution in [2.24, 2.45) is 0 Å². The van der Waals surface area contributed by atoms with Gasteiger partial charge in [0.15, 0.2) is 5.78 Å². The molecule has 0 aliphatic heterocycles. The molecule has 0 spiro atoms. The topological polar surface area (TPSA) is 109 Å². The van der Waals surface area contributed by atoms with E-state index >= 15 is 0 Å². The van der Waals surface area contributed by atoms with E-state index < -0.39 is 36.4 Å². The van der Waals surface area contributed by atoms with E-state index in [1.54, 1.807) is 50.2 Å². The zero-order chi connectivity index (χ0) is 19.9. The van der Waals surface area contributed by atoms with Crippen LogP contribution in [0.5, 0.6) is 0 Å². The van der Waals surface area contributed by atoms with Crippen LogP contribution < -0.4 is 0 Å². The van der Waals surface area contributed by atoms with Crippen molar-refractivity contribution in [3.63, 3.8) is 0 Å². The first-order valence-electron chi connectivity index (χ1n) is 8.56. The molecule has 0 aliphatic rings. The van der Waals surface area contributed by atoms with Gasteiger partial charge in [-0.15, -0.1) is 0 Å². The van der Waals surface area contributed by atoms with Gasteiger partial charge >= 0.3 is 7.60 Å². The van der Waals surface area contributed by atoms with Crippen LogP contribution in [0.25, 0.3) is 0 Å². The molecule has 9 heteroatoms. The van der Waals surface area contributed by atoms with Gasteiger partial charge in [0.1, 0.15) is 17.3 Å². The van der Waals surface area contributed by atoms with Crippen molar-refractivity contribution in [1.82, 2.24) is 0 Å². The third kappa shape index (κ3) is 5.13. The molecule has 1 heterocycles. The van der Waals surface area contributed by atoms with Crippen LogP contribution in [-0.2, 0) is 13.6 Å². The van der Waals surface area contributed by atoms with E-state index in [-0.39, 0.29) is 24.5 Å². The number of hydrogen-bond donors (Lipinski definition) is 0. The molecule has 8 nitrogen and oxygen atoms in total. The fraction of sp³-hybridized carbons (Fsp3) is 0.389. The zero-order valence-corrected chi connectivity index (χ0v) is 16.0. The number of rotatable bonds is 11. The molecule has 0 aliphatic carbocycles. The van der Waals surface area contributed by atoms with Gasteiger partial charge in [-0.25, -0.2) is 0 Å². The number of nitrogens with zero attached hydrogens (tertiary/aromatic N) is 1. The fourth-order valence-corrected chi connectivity index (χ4v) is 5.12. The standard InChI is InChI=1S/C18H22NO7P/c1-3-25-27(23,26-4-2)18(17(20)14-9-6-5-7-10-14)15(13-19(21)22)16-11-8-12-24-16/h5-12,15,18H,3-4,13H2,1-2H3/t15-,18-/m0/s1. The summed E-state index contributed by atoms with van der Waals surface area (Å²) in [6.07, 6.45) is 1.35. The van der Waals surface area contributed by atoms with Crippen LogP contribution in [0.4, 0.5) is 0 Å². The van der Waals surface area contributed by atoms with Crippen LogP contribution in [0.15, 0.2) is 53.1 Å². The quantitative estimate of drug-likeness (QED) is 0.243. The molecular formula is C18H22NO7P. The summed E-state index contributed by atoms with van der Waals surface area (Å²) < 4.78 is 29.6. The van der Waals surface area contributed by atoms with Gasteiger partial charge in [-0.2, -0.15) is 0 Å². The van der Waals surface area contributed by atoms with E-state index in [4.69, 9.17) is 13.5 Å². The minimum atomic E-state index is -4.02. The highest BCUT2D eigenvalue weighted by atomic mass is 31.2. The molecule has 0 radical (unpaired) electrons. The van der Waals surface area contributed by atoms with Crippen LogP contribution in [0.3, 0.4) is 0 Å². The van der Waals surface area contributed by atoms with Crippen molar-refractivity contribution in [3.8, 4) is 0 Å². The molecule has 2 aromatic rings. The Morgan fingerprint density at radius 3 is 2.26 bits per heavy atom. The van der Waals surface area contributed by atoms with Crippen LogP contribution in [0.2, 0.25) is 0 Å². The molecule has 1 aromatic carbocycles. The first-order valence-corrected chi connectivity index (χ1v) is 10.2. The van der Waals surface area contributed by atoms with Gasteiger partial charge < -0.3 is 13.5 Å². The maximum absolute atomic E-state index is 13.5. The minimum Gasteiger partial charge on any atom is -0.469 e. The van der Waals surface area contributed by atoms with Gasteiger partial charge in [-0.1, -0.05) is 30.3 Å². The molecule has 2 atom stereocenters. The SMILES string of the molecule is CCOP(=O)(OCC)[C@H](C(=O)c1ccccc1)[C@@H](C[N+](=O)[O-])c1ccco1. The van der Waals surface area contributed by atoms with E-state index in [0.29, 0.717) is 0 Å². The van der Waals surface area contributed by atoms with E-state index in [1.807, 2.05) is 0 Å². The summed E-state index contributed by atoms with van der Waals surface area (Å²) in [6.45, 7) is 2.63. The number of nitro groups is 1. The first-order chi connectivity index (χ1) is 12.9. The summed E-state index contributed by atoms with van der Waals surface area (Å²) in [5, 5.41) is 11.3. The molecule has 0 unspecified atom stereocenters. The monoisotopic (exact) mass is 395 g/mol. The summed E-state index contributed by atoms with van der Waals surface area (Å²) in [6, 6.07) is 11.2. The van der Waals surface area contributed by atoms with Crippen molar-refractivity contribution >= 4 is 13.4 Å². The Labute approximate surface area is 157 Å². The van der Waals surface area contributed by atoms with E-state index in [1.165, 1.54) is 12.3 Å². The van der Waals surface area contributed by atoms with Gasteiger partial charge in [0, 0.05) is 10.5 Å². The Balaban J connectivity index is 2.60. The molecule has 1 aromatic heterocycles. The van der Waals surface area contributed by atoms with Gasteiger partial charge in [0.2, 0.25) is 6.54 Å². The van der Waals surface area contributed by atoms with Crippen molar-refractivity contribution in [2.45, 2.75) is 25.4 Å². The molecule has 0 N–H and O–H groups in total. The van der Waals surface area contributed by atoms with E-state index in [2.05, 4.69) is 0 Å². The molecule has 0 saturated carbocycles. The smallest absolute Gasteiger partial charge is 0.342 e. The van der Waals surface area contributed by atoms with E-state index in [0.717, 1.165) is 0 Å². The average molecular weight is 395 g/mol. The summed E-state index contributed by atoms with van der Waals surface area (Å²) in [5.41, 5.74) is -1.14. The number of carbonyl (C=O) groups is 1. The second-order valence-corrected chi connectivity index (χ2v) is 7.84. The number of benzene rings is 1. The average Bonchev–Trinajstić information content (AvgIpc) is 3.16. The van der Waals surface area contributed by atoms with Gasteiger partial charge in [0.05, 0.1) is 19.5 Å². The van der Waals surface area contributed by atoms with Gasteiger partial charge in [0.25, 0.3) is 0 Å². The van der Waals surface area contributed by atoms with Crippen molar-refractivity contribution in [1.29, 1.82) is 0 Å². The lowest BCUT2D eigenvalue weighted by Crippen LogP contribution is -2.34. The summed E-state index contributed by atoms with van der Waals surface area (Å²) >= 11 is 0. The Kier molecular flexibility index (Phi) is 7.47. The highest BCUT2D eigenvalue weighted by Crippen LogP contribution is 2.58. The molecule has 0 amide bonds. The second-order valence-electron chi connectivity index (χ2n) is 5.69. The van der Waals surface area contributed by atoms with Crippen molar-refractivity contribution in [3.05, 3.63) is 70.2 Å². The second kappa shape index (κ2) is 9.60. The lowest BCUT2D eigenvalue weighted by atomic mass is 9.95. The lowest BCUT2D eigenvalue weighted by molar-refractivity contribution is -0.483. The predicted molar refractivity (Wildman–Crippen MR) is 98.7 cm³/mol. The van der Waals surface area contributed by atoms with Crippen LogP contribution in [0, 0.1) is 10.1 Å². The summed E-state index contributed by atoms with van der Waals surface area (Å²) in [7, 11) is -4.02. The largest absolute Gasteiger partial charge is 0.469 e. The van der Waals surface area contributed by atoms with Crippen LogP contribution in [-0.4, -0.2) is 36.1 Å². The summed E-state index contributed by atoms with van der Waals surface area (Å²) in [4.78, 5) is 24.0. The van der Waals surface area contributed by atoms with Crippen LogP contribution >= 0.6 is 7.60 Å². The first kappa shape index (κ1) is 21.0. The number of Topliss-reactive ketones (excluding diaryl/α,β-unsaturated/α-hetero) is 1. The normalized spacial score (nSPS) is 13.9. The van der Waals surface area contributed by atoms with Gasteiger partial charge in [-0.3, -0.25) is 19.5 Å². The number of furan rings is 1. The molecule has 0 fully saturated rings. The molecule has 0 bridgehead atoms. The highest BCUT2D eigenvalue weighted by Gasteiger charge is 2.50. The molecule has 27 heavy (non-hydrogen) atoms. The van der Waals surface area contributed by atoms with Crippen LogP contribution in [0.1, 0.15) is 35.9 Å². The van der Waals surface area contributed by atoms with Gasteiger partial charge in [-0.05, 0) is 26.0 Å². The minimum absolute atomic E-state index is 0.0270. The highest BCUT2D eigenvalue weighted by molar-refractivity contribution is 7.56. The molecular weight excluding hydrogens is 373 g/mol. The fourth-order valence-electron chi connectivity index (χ4n) is 2.89. The molecule has 146 valence electrons. The van der Waals surface area contributed by atoms with Crippen molar-refractivity contribution in [2.75, 3.05) is 19.8 Å². The molecule has 0 saturated heterocycles. The number of ketones is 1. The Morgan fingerprint density at radius 2 is 1.78 bits per heavy atom. The summed E-state index contributed by atoms with van der Waals surface area (Å²) in [5.74, 6) is -1.48. The van der Waals surface area contributed by atoms with Crippen molar-refractivity contribution < 1.29 is 27.7 Å². The Morgan fingerprint density at radius 1 is 1.15 bits per heavy atom. The van der Waals surface area contributed by atoms with E-state index in [9.17, 15) is 19.5 Å². The lowest BCUT2D eigenvalue weighted by Gasteiger charge is -2.29. The maximum atomic E-state index is 13.5. The third-order valence-electron chi connectivity index (χ3n) is 3.92.